The van der Waals surface area contributed by atoms with Crippen LogP contribution < -0.4 is 15.9 Å². The Hall–Kier alpha value is -6.90. The van der Waals surface area contributed by atoms with E-state index in [4.69, 9.17) is 0 Å². The average Bonchev–Trinajstić information content (AvgIpc) is 3.68. The normalized spacial score (nSPS) is 14.8. The fourth-order valence-electron chi connectivity index (χ4n) is 10.1. The molecule has 61 heavy (non-hydrogen) atoms. The Morgan fingerprint density at radius 2 is 0.951 bits per heavy atom. The molecule has 0 radical (unpaired) electrons. The molecule has 2 nitrogen and oxygen atoms in total. The van der Waals surface area contributed by atoms with Gasteiger partial charge in [-0.05, 0) is 80.2 Å². The molecule has 4 heteroatoms. The van der Waals surface area contributed by atoms with Crippen molar-refractivity contribution >= 4 is 78.2 Å². The topological polar surface area (TPSA) is 22.0 Å². The number of benzene rings is 10. The second-order valence-electron chi connectivity index (χ2n) is 15.9. The van der Waals surface area contributed by atoms with Crippen molar-refractivity contribution in [3.63, 3.8) is 0 Å². The van der Waals surface area contributed by atoms with Gasteiger partial charge in [0.2, 0.25) is 0 Å². The minimum atomic E-state index is -3.20. The highest BCUT2D eigenvalue weighted by Gasteiger charge is 2.45. The van der Waals surface area contributed by atoms with E-state index >= 15 is 4.57 Å². The SMILES string of the molecule is O=P(c1ccccc1)(c1ccccc1)c1ccc(C2(c3ccc(Sc4ccc5ccccc5c4)cc3)c3ccccc3-n3c4ccc5ccccc5c4c4cccc2c43)cc1. The van der Waals surface area contributed by atoms with Gasteiger partial charge in [-0.15, -0.1) is 0 Å². The minimum absolute atomic E-state index is 0.704. The summed E-state index contributed by atoms with van der Waals surface area (Å²) in [7, 11) is -3.20. The fraction of sp³-hybridized carbons (Fsp3) is 0.0175. The quantitative estimate of drug-likeness (QED) is 0.150. The highest BCUT2D eigenvalue weighted by atomic mass is 32.2. The third kappa shape index (κ3) is 5.41. The molecule has 0 amide bonds. The van der Waals surface area contributed by atoms with E-state index < -0.39 is 12.6 Å². The summed E-state index contributed by atoms with van der Waals surface area (Å²) >= 11 is 1.79. The largest absolute Gasteiger partial charge is 0.309 e. The molecule has 1 aromatic heterocycles. The summed E-state index contributed by atoms with van der Waals surface area (Å²) in [6, 6.07) is 82.2. The van der Waals surface area contributed by atoms with Crippen LogP contribution in [-0.4, -0.2) is 4.57 Å². The molecular formula is C57H38NOPS. The minimum Gasteiger partial charge on any atom is -0.309 e. The molecule has 0 fully saturated rings. The maximum Gasteiger partial charge on any atom is 0.171 e. The summed E-state index contributed by atoms with van der Waals surface area (Å²) in [5, 5.41) is 9.94. The molecule has 0 bridgehead atoms. The standard InChI is InChI=1S/C57H38NOPS/c59-60(44-17-3-1-4-18-44,45-19-5-2-6-20-45)46-32-28-42(29-33-46)57(43-30-35-47(36-31-43)61-48-34-26-39-14-7-8-16-41(39)38-48)51-23-11-12-25-53(51)58-54-37-27-40-15-9-10-21-49(40)55(54)50-22-13-24-52(57)56(50)58/h1-38H. The van der Waals surface area contributed by atoms with E-state index in [0.29, 0.717) is 0 Å². The maximum absolute atomic E-state index is 15.6. The van der Waals surface area contributed by atoms with Crippen LogP contribution in [0.2, 0.25) is 0 Å². The highest BCUT2D eigenvalue weighted by Crippen LogP contribution is 2.55. The summed E-state index contributed by atoms with van der Waals surface area (Å²) in [4.78, 5) is 2.39. The number of aromatic nitrogens is 1. The Labute approximate surface area is 359 Å². The average molecular weight is 816 g/mol. The summed E-state index contributed by atoms with van der Waals surface area (Å²) in [6.45, 7) is 0. The third-order valence-corrected chi connectivity index (χ3v) is 16.9. The van der Waals surface area contributed by atoms with Gasteiger partial charge in [0.25, 0.3) is 0 Å². The smallest absolute Gasteiger partial charge is 0.171 e. The first-order valence-corrected chi connectivity index (χ1v) is 23.3. The third-order valence-electron chi connectivity index (χ3n) is 12.8. The fourth-order valence-corrected chi connectivity index (χ4v) is 13.6. The molecule has 0 spiro atoms. The lowest BCUT2D eigenvalue weighted by atomic mass is 9.63. The van der Waals surface area contributed by atoms with Crippen LogP contribution in [0.3, 0.4) is 0 Å². The predicted octanol–water partition coefficient (Wildman–Crippen LogP) is 13.6. The zero-order valence-electron chi connectivity index (χ0n) is 33.2. The van der Waals surface area contributed by atoms with E-state index in [1.54, 1.807) is 11.8 Å². The molecule has 12 rings (SSSR count). The molecule has 10 aromatic carbocycles. The van der Waals surface area contributed by atoms with Crippen molar-refractivity contribution < 1.29 is 4.57 Å². The number of hydrogen-bond acceptors (Lipinski definition) is 2. The van der Waals surface area contributed by atoms with E-state index in [1.165, 1.54) is 69.8 Å². The van der Waals surface area contributed by atoms with Gasteiger partial charge in [-0.25, -0.2) is 0 Å². The van der Waals surface area contributed by atoms with Crippen molar-refractivity contribution in [1.29, 1.82) is 0 Å². The first-order valence-electron chi connectivity index (χ1n) is 20.8. The van der Waals surface area contributed by atoms with Crippen LogP contribution in [0.15, 0.2) is 240 Å². The molecule has 0 N–H and O–H groups in total. The van der Waals surface area contributed by atoms with Crippen LogP contribution in [-0.2, 0) is 9.98 Å². The number of fused-ring (bicyclic) bond motifs is 8. The van der Waals surface area contributed by atoms with E-state index in [-0.39, 0.29) is 0 Å². The zero-order valence-corrected chi connectivity index (χ0v) is 34.9. The molecule has 1 atom stereocenters. The van der Waals surface area contributed by atoms with Crippen molar-refractivity contribution in [2.75, 3.05) is 0 Å². The van der Waals surface area contributed by atoms with Crippen molar-refractivity contribution in [2.45, 2.75) is 15.2 Å². The number of rotatable bonds is 7. The lowest BCUT2D eigenvalue weighted by Gasteiger charge is -2.42. The van der Waals surface area contributed by atoms with Gasteiger partial charge in [0, 0.05) is 36.5 Å². The highest BCUT2D eigenvalue weighted by molar-refractivity contribution is 7.99. The molecule has 1 aliphatic heterocycles. The van der Waals surface area contributed by atoms with Gasteiger partial charge in [-0.3, -0.25) is 0 Å². The van der Waals surface area contributed by atoms with Gasteiger partial charge < -0.3 is 9.13 Å². The first kappa shape index (κ1) is 36.0. The summed E-state index contributed by atoms with van der Waals surface area (Å²) in [5.41, 5.74) is 7.61. The van der Waals surface area contributed by atoms with Crippen LogP contribution in [0.1, 0.15) is 22.3 Å². The van der Waals surface area contributed by atoms with E-state index in [0.717, 1.165) is 27.2 Å². The Bertz CT molecular complexity index is 3480. The van der Waals surface area contributed by atoms with Crippen LogP contribution in [0.5, 0.6) is 0 Å². The second-order valence-corrected chi connectivity index (χ2v) is 19.9. The Morgan fingerprint density at radius 3 is 1.69 bits per heavy atom. The zero-order chi connectivity index (χ0) is 40.5. The molecule has 2 heterocycles. The molecule has 288 valence electrons. The lowest BCUT2D eigenvalue weighted by Crippen LogP contribution is -2.35. The predicted molar refractivity (Wildman–Crippen MR) is 258 cm³/mol. The Kier molecular flexibility index (Phi) is 8.32. The number of nitrogens with zero attached hydrogens (tertiary/aromatic N) is 1. The van der Waals surface area contributed by atoms with Gasteiger partial charge in [0.1, 0.15) is 0 Å². The van der Waals surface area contributed by atoms with Gasteiger partial charge in [-0.1, -0.05) is 206 Å². The summed E-state index contributed by atoms with van der Waals surface area (Å²) in [5.74, 6) is 0. The molecule has 1 unspecified atom stereocenters. The van der Waals surface area contributed by atoms with Crippen molar-refractivity contribution in [1.82, 2.24) is 4.57 Å². The summed E-state index contributed by atoms with van der Waals surface area (Å²) < 4.78 is 18.1. The van der Waals surface area contributed by atoms with E-state index in [2.05, 4.69) is 174 Å². The van der Waals surface area contributed by atoms with Gasteiger partial charge >= 0.3 is 0 Å². The lowest BCUT2D eigenvalue weighted by molar-refractivity contribution is 0.592. The molecule has 0 saturated heterocycles. The van der Waals surface area contributed by atoms with Crippen LogP contribution >= 0.6 is 18.9 Å². The molecule has 11 aromatic rings. The van der Waals surface area contributed by atoms with Gasteiger partial charge in [-0.2, -0.15) is 0 Å². The summed E-state index contributed by atoms with van der Waals surface area (Å²) in [6.07, 6.45) is 0. The van der Waals surface area contributed by atoms with Crippen LogP contribution in [0.4, 0.5) is 0 Å². The van der Waals surface area contributed by atoms with Gasteiger partial charge in [0.05, 0.1) is 22.1 Å². The monoisotopic (exact) mass is 815 g/mol. The Balaban J connectivity index is 1.11. The Morgan fingerprint density at radius 1 is 0.410 bits per heavy atom. The van der Waals surface area contributed by atoms with Crippen LogP contribution in [0, 0.1) is 0 Å². The van der Waals surface area contributed by atoms with Crippen molar-refractivity contribution in [2.24, 2.45) is 0 Å². The van der Waals surface area contributed by atoms with Crippen molar-refractivity contribution in [3.05, 3.63) is 253 Å². The molecule has 0 aliphatic carbocycles. The number of para-hydroxylation sites is 2. The van der Waals surface area contributed by atoms with Crippen molar-refractivity contribution in [3.8, 4) is 5.69 Å². The van der Waals surface area contributed by atoms with E-state index in [1.807, 2.05) is 60.7 Å². The molecular weight excluding hydrogens is 778 g/mol. The molecule has 0 saturated carbocycles. The van der Waals surface area contributed by atoms with E-state index in [9.17, 15) is 0 Å². The molecule has 1 aliphatic rings. The first-order chi connectivity index (χ1) is 30.1. The van der Waals surface area contributed by atoms with Gasteiger partial charge in [0.15, 0.2) is 7.14 Å². The second kappa shape index (κ2) is 14.1. The number of hydrogen-bond donors (Lipinski definition) is 0. The van der Waals surface area contributed by atoms with Crippen LogP contribution in [0.25, 0.3) is 49.0 Å². The maximum atomic E-state index is 15.6.